The van der Waals surface area contributed by atoms with Crippen molar-refractivity contribution in [3.8, 4) is 6.07 Å². The molecule has 1 heterocycles. The van der Waals surface area contributed by atoms with Crippen molar-refractivity contribution in [1.82, 2.24) is 4.90 Å². The lowest BCUT2D eigenvalue weighted by Crippen LogP contribution is -2.44. The number of nitrogens with zero attached hydrogens (tertiary/aromatic N) is 2. The Kier molecular flexibility index (Phi) is 6.91. The average Bonchev–Trinajstić information content (AvgIpc) is 3.24. The lowest BCUT2D eigenvalue weighted by molar-refractivity contribution is -0.136. The van der Waals surface area contributed by atoms with E-state index in [0.29, 0.717) is 28.4 Å². The van der Waals surface area contributed by atoms with Crippen LogP contribution in [0, 0.1) is 25.2 Å². The van der Waals surface area contributed by atoms with Gasteiger partial charge in [0.15, 0.2) is 5.78 Å². The zero-order chi connectivity index (χ0) is 21.7. The maximum atomic E-state index is 12.7. The van der Waals surface area contributed by atoms with Crippen LogP contribution in [0.1, 0.15) is 39.9 Å². The molecule has 0 radical (unpaired) electrons. The summed E-state index contributed by atoms with van der Waals surface area (Å²) in [6.07, 6.45) is 0.194. The summed E-state index contributed by atoms with van der Waals surface area (Å²) >= 11 is 1.51. The fourth-order valence-corrected chi connectivity index (χ4v) is 4.36. The minimum Gasteiger partial charge on any atom is -0.324 e. The minimum absolute atomic E-state index is 0.0723. The van der Waals surface area contributed by atoms with Crippen LogP contribution in [0.5, 0.6) is 0 Å². The van der Waals surface area contributed by atoms with Crippen LogP contribution in [0.25, 0.3) is 0 Å². The summed E-state index contributed by atoms with van der Waals surface area (Å²) in [5.74, 6) is 0.411. The van der Waals surface area contributed by atoms with Crippen molar-refractivity contribution in [2.75, 3.05) is 16.9 Å². The quantitative estimate of drug-likeness (QED) is 0.719. The number of carbonyl (C=O) groups is 3. The number of aryl methyl sites for hydroxylation is 2. The molecular formula is C23H23N3O3S. The van der Waals surface area contributed by atoms with E-state index in [1.165, 1.54) is 16.7 Å². The van der Waals surface area contributed by atoms with Crippen LogP contribution in [-0.4, -0.2) is 40.2 Å². The number of Topliss-reactive ketones (excluding diaryl/α,β-unsaturated/α-hetero) is 1. The predicted molar refractivity (Wildman–Crippen MR) is 117 cm³/mol. The lowest BCUT2D eigenvalue weighted by atomic mass is 10.0. The molecule has 2 amide bonds. The van der Waals surface area contributed by atoms with Crippen LogP contribution in [0.4, 0.5) is 5.69 Å². The summed E-state index contributed by atoms with van der Waals surface area (Å²) in [6, 6.07) is 13.6. The average molecular weight is 422 g/mol. The van der Waals surface area contributed by atoms with Gasteiger partial charge in [0.2, 0.25) is 11.8 Å². The Balaban J connectivity index is 1.57. The van der Waals surface area contributed by atoms with Crippen LogP contribution >= 0.6 is 11.8 Å². The first-order chi connectivity index (χ1) is 14.4. The number of ketones is 1. The van der Waals surface area contributed by atoms with E-state index in [0.717, 1.165) is 11.1 Å². The molecule has 1 N–H and O–H groups in total. The Morgan fingerprint density at radius 3 is 2.50 bits per heavy atom. The molecule has 0 aliphatic carbocycles. The van der Waals surface area contributed by atoms with E-state index < -0.39 is 6.04 Å². The highest BCUT2D eigenvalue weighted by Gasteiger charge is 2.34. The zero-order valence-corrected chi connectivity index (χ0v) is 17.8. The molecule has 3 rings (SSSR count). The van der Waals surface area contributed by atoms with E-state index in [9.17, 15) is 14.4 Å². The Morgan fingerprint density at radius 2 is 1.83 bits per heavy atom. The van der Waals surface area contributed by atoms with Crippen LogP contribution in [0.2, 0.25) is 0 Å². The fraction of sp³-hybridized carbons (Fsp3) is 0.304. The first kappa shape index (κ1) is 21.6. The van der Waals surface area contributed by atoms with Crippen molar-refractivity contribution in [1.29, 1.82) is 5.26 Å². The van der Waals surface area contributed by atoms with E-state index in [1.54, 1.807) is 30.3 Å². The number of benzene rings is 2. The zero-order valence-electron chi connectivity index (χ0n) is 17.0. The van der Waals surface area contributed by atoms with E-state index in [2.05, 4.69) is 5.32 Å². The van der Waals surface area contributed by atoms with Gasteiger partial charge in [-0.25, -0.2) is 0 Å². The van der Waals surface area contributed by atoms with Gasteiger partial charge in [0.1, 0.15) is 6.04 Å². The van der Waals surface area contributed by atoms with Gasteiger partial charge < -0.3 is 10.2 Å². The molecule has 1 saturated heterocycles. The van der Waals surface area contributed by atoms with Crippen molar-refractivity contribution in [2.45, 2.75) is 32.7 Å². The first-order valence-electron chi connectivity index (χ1n) is 9.67. The van der Waals surface area contributed by atoms with Crippen LogP contribution in [0.15, 0.2) is 42.5 Å². The summed E-state index contributed by atoms with van der Waals surface area (Å²) in [4.78, 5) is 39.4. The largest absolute Gasteiger partial charge is 0.324 e. The second-order valence-corrected chi connectivity index (χ2v) is 8.28. The third kappa shape index (κ3) is 5.08. The predicted octanol–water partition coefficient (Wildman–Crippen LogP) is 3.68. The first-order valence-corrected chi connectivity index (χ1v) is 10.8. The van der Waals surface area contributed by atoms with Crippen LogP contribution < -0.4 is 5.32 Å². The number of carbonyl (C=O) groups excluding carboxylic acids is 3. The van der Waals surface area contributed by atoms with E-state index >= 15 is 0 Å². The Morgan fingerprint density at radius 1 is 1.10 bits per heavy atom. The number of nitrogens with one attached hydrogen (secondary N) is 1. The Hall–Kier alpha value is -3.11. The number of nitriles is 1. The number of thioether (sulfide) groups is 1. The Labute approximate surface area is 180 Å². The van der Waals surface area contributed by atoms with Gasteiger partial charge in [-0.1, -0.05) is 12.1 Å². The van der Waals surface area contributed by atoms with Gasteiger partial charge in [0, 0.05) is 29.8 Å². The van der Waals surface area contributed by atoms with Gasteiger partial charge in [-0.05, 0) is 55.3 Å². The summed E-state index contributed by atoms with van der Waals surface area (Å²) < 4.78 is 0. The molecule has 30 heavy (non-hydrogen) atoms. The summed E-state index contributed by atoms with van der Waals surface area (Å²) in [5.41, 5.74) is 3.86. The van der Waals surface area contributed by atoms with Crippen molar-refractivity contribution >= 4 is 35.0 Å². The molecule has 6 nitrogen and oxygen atoms in total. The van der Waals surface area contributed by atoms with Gasteiger partial charge in [-0.15, -0.1) is 11.8 Å². The maximum Gasteiger partial charge on any atom is 0.248 e. The molecule has 2 aromatic rings. The lowest BCUT2D eigenvalue weighted by Gasteiger charge is -2.23. The molecule has 0 bridgehead atoms. The molecule has 1 aliphatic rings. The molecule has 2 aromatic carbocycles. The molecule has 0 aromatic heterocycles. The smallest absolute Gasteiger partial charge is 0.248 e. The SMILES string of the molecule is Cc1ccc(C(=O)CCC(=O)N2CSCC2C(=O)Nc2ccc(C#N)cc2)cc1C. The molecule has 0 spiro atoms. The van der Waals surface area contributed by atoms with Crippen LogP contribution in [0.3, 0.4) is 0 Å². The van der Waals surface area contributed by atoms with Gasteiger partial charge in [0.25, 0.3) is 0 Å². The highest BCUT2D eigenvalue weighted by molar-refractivity contribution is 7.99. The second kappa shape index (κ2) is 9.59. The van der Waals surface area contributed by atoms with Crippen molar-refractivity contribution < 1.29 is 14.4 Å². The molecule has 0 saturated carbocycles. The molecule has 7 heteroatoms. The van der Waals surface area contributed by atoms with Crippen molar-refractivity contribution in [3.05, 3.63) is 64.7 Å². The number of hydrogen-bond donors (Lipinski definition) is 1. The topological polar surface area (TPSA) is 90.3 Å². The third-order valence-electron chi connectivity index (χ3n) is 5.18. The van der Waals surface area contributed by atoms with Gasteiger partial charge >= 0.3 is 0 Å². The van der Waals surface area contributed by atoms with E-state index in [-0.39, 0.29) is 30.4 Å². The van der Waals surface area contributed by atoms with Crippen molar-refractivity contribution in [3.63, 3.8) is 0 Å². The Bertz CT molecular complexity index is 1010. The van der Waals surface area contributed by atoms with Crippen LogP contribution in [-0.2, 0) is 9.59 Å². The van der Waals surface area contributed by atoms with E-state index in [1.807, 2.05) is 32.0 Å². The maximum absolute atomic E-state index is 12.7. The van der Waals surface area contributed by atoms with Gasteiger partial charge in [-0.3, -0.25) is 14.4 Å². The van der Waals surface area contributed by atoms with Gasteiger partial charge in [-0.2, -0.15) is 5.26 Å². The summed E-state index contributed by atoms with van der Waals surface area (Å²) in [5, 5.41) is 11.7. The van der Waals surface area contributed by atoms with Gasteiger partial charge in [0.05, 0.1) is 17.5 Å². The number of amides is 2. The fourth-order valence-electron chi connectivity index (χ4n) is 3.18. The summed E-state index contributed by atoms with van der Waals surface area (Å²) in [7, 11) is 0. The molecule has 1 atom stereocenters. The molecule has 1 aliphatic heterocycles. The number of hydrogen-bond acceptors (Lipinski definition) is 5. The molecule has 1 unspecified atom stereocenters. The third-order valence-corrected chi connectivity index (χ3v) is 6.19. The second-order valence-electron chi connectivity index (χ2n) is 7.28. The number of anilines is 1. The monoisotopic (exact) mass is 421 g/mol. The molecule has 1 fully saturated rings. The van der Waals surface area contributed by atoms with Crippen molar-refractivity contribution in [2.24, 2.45) is 0 Å². The standard InChI is InChI=1S/C23H23N3O3S/c1-15-3-6-18(11-16(15)2)21(27)9-10-22(28)26-14-30-13-20(26)23(29)25-19-7-4-17(12-24)5-8-19/h3-8,11,20H,9-10,13-14H2,1-2H3,(H,25,29). The van der Waals surface area contributed by atoms with E-state index in [4.69, 9.17) is 5.26 Å². The molecule has 154 valence electrons. The molecular weight excluding hydrogens is 398 g/mol. The highest BCUT2D eigenvalue weighted by atomic mass is 32.2. The normalized spacial score (nSPS) is 15.5. The number of rotatable bonds is 6. The minimum atomic E-state index is -0.574. The summed E-state index contributed by atoms with van der Waals surface area (Å²) in [6.45, 7) is 3.94. The highest BCUT2D eigenvalue weighted by Crippen LogP contribution is 2.24.